The number of esters is 2. The molecule has 6 heteroatoms. The van der Waals surface area contributed by atoms with Crippen LogP contribution in [0.2, 0.25) is 0 Å². The first-order valence-electron chi connectivity index (χ1n) is 17.4. The molecule has 0 N–H and O–H groups in total. The van der Waals surface area contributed by atoms with E-state index in [1.807, 2.05) is 71.2 Å². The quantitative estimate of drug-likeness (QED) is 0.0881. The van der Waals surface area contributed by atoms with Crippen LogP contribution >= 0.6 is 22.7 Å². The molecule has 1 aliphatic carbocycles. The van der Waals surface area contributed by atoms with Gasteiger partial charge in [-0.05, 0) is 116 Å². The summed E-state index contributed by atoms with van der Waals surface area (Å²) in [6.07, 6.45) is 12.0. The molecule has 4 nitrogen and oxygen atoms in total. The fourth-order valence-electron chi connectivity index (χ4n) is 6.28. The highest BCUT2D eigenvalue weighted by atomic mass is 32.1. The summed E-state index contributed by atoms with van der Waals surface area (Å²) >= 11 is 3.64. The summed E-state index contributed by atoms with van der Waals surface area (Å²) in [7, 11) is 0. The second-order valence-electron chi connectivity index (χ2n) is 12.5. The predicted octanol–water partition coefficient (Wildman–Crippen LogP) is 12.3. The van der Waals surface area contributed by atoms with Gasteiger partial charge in [0.05, 0.1) is 24.3 Å². The Bertz CT molecular complexity index is 1550. The maximum atomic E-state index is 12.5. The second kappa shape index (κ2) is 17.1. The number of hydrogen-bond donors (Lipinski definition) is 0. The van der Waals surface area contributed by atoms with Crippen molar-refractivity contribution in [3.63, 3.8) is 0 Å². The maximum Gasteiger partial charge on any atom is 0.338 e. The predicted molar refractivity (Wildman–Crippen MR) is 198 cm³/mol. The molecular weight excluding hydrogens is 621 g/mol. The Morgan fingerprint density at radius 1 is 0.596 bits per heavy atom. The minimum absolute atomic E-state index is 0.242. The van der Waals surface area contributed by atoms with Gasteiger partial charge in [-0.3, -0.25) is 0 Å². The lowest BCUT2D eigenvalue weighted by Gasteiger charge is -2.08. The van der Waals surface area contributed by atoms with E-state index in [0.717, 1.165) is 56.1 Å². The third-order valence-electron chi connectivity index (χ3n) is 8.98. The Kier molecular flexibility index (Phi) is 12.7. The molecular formula is C41H48O4S2. The molecule has 2 heterocycles. The molecule has 2 aromatic carbocycles. The number of aryl methyl sites for hydroxylation is 2. The summed E-state index contributed by atoms with van der Waals surface area (Å²) in [4.78, 5) is 30.1. The van der Waals surface area contributed by atoms with Crippen molar-refractivity contribution < 1.29 is 19.1 Å². The van der Waals surface area contributed by atoms with Gasteiger partial charge in [-0.1, -0.05) is 76.6 Å². The third-order valence-corrected chi connectivity index (χ3v) is 11.2. The van der Waals surface area contributed by atoms with Gasteiger partial charge < -0.3 is 9.47 Å². The minimum atomic E-state index is -0.242. The Morgan fingerprint density at radius 3 is 1.38 bits per heavy atom. The van der Waals surface area contributed by atoms with Crippen LogP contribution in [0.3, 0.4) is 0 Å². The Morgan fingerprint density at radius 2 is 1.00 bits per heavy atom. The van der Waals surface area contributed by atoms with Crippen LogP contribution < -0.4 is 0 Å². The third kappa shape index (κ3) is 8.91. The van der Waals surface area contributed by atoms with Crippen LogP contribution in [0, 0.1) is 13.8 Å². The van der Waals surface area contributed by atoms with Crippen LogP contribution in [0.5, 0.6) is 0 Å². The molecule has 0 bridgehead atoms. The van der Waals surface area contributed by atoms with Crippen LogP contribution in [-0.4, -0.2) is 25.2 Å². The highest BCUT2D eigenvalue weighted by Crippen LogP contribution is 2.47. The molecule has 1 aliphatic rings. The number of ether oxygens (including phenoxy) is 2. The summed E-state index contributed by atoms with van der Waals surface area (Å²) in [5.41, 5.74) is 9.07. The SMILES string of the molecule is CCCCCCOC(=O)c1ccc(-c2cc(C3=C(c4cc(-c5ccc(C(=O)OCCCCCC)cc5)sc4C)CCC3)c(C)s2)cc1. The van der Waals surface area contributed by atoms with Gasteiger partial charge in [0.15, 0.2) is 0 Å². The van der Waals surface area contributed by atoms with E-state index >= 15 is 0 Å². The Balaban J connectivity index is 1.28. The van der Waals surface area contributed by atoms with Gasteiger partial charge in [0.1, 0.15) is 0 Å². The van der Waals surface area contributed by atoms with Gasteiger partial charge >= 0.3 is 11.9 Å². The highest BCUT2D eigenvalue weighted by molar-refractivity contribution is 7.16. The van der Waals surface area contributed by atoms with E-state index in [1.54, 1.807) is 0 Å². The van der Waals surface area contributed by atoms with E-state index in [9.17, 15) is 9.59 Å². The van der Waals surface area contributed by atoms with Crippen molar-refractivity contribution in [2.45, 2.75) is 98.3 Å². The van der Waals surface area contributed by atoms with Crippen LogP contribution in [-0.2, 0) is 9.47 Å². The average molecular weight is 669 g/mol. The molecule has 0 fully saturated rings. The number of unbranched alkanes of at least 4 members (excludes halogenated alkanes) is 6. The van der Waals surface area contributed by atoms with Crippen molar-refractivity contribution in [2.75, 3.05) is 13.2 Å². The van der Waals surface area contributed by atoms with Crippen LogP contribution in [0.1, 0.15) is 126 Å². The monoisotopic (exact) mass is 668 g/mol. The van der Waals surface area contributed by atoms with Crippen molar-refractivity contribution in [2.24, 2.45) is 0 Å². The number of rotatable bonds is 16. The lowest BCUT2D eigenvalue weighted by atomic mass is 9.96. The van der Waals surface area contributed by atoms with E-state index in [-0.39, 0.29) is 11.9 Å². The van der Waals surface area contributed by atoms with E-state index in [2.05, 4.69) is 39.8 Å². The van der Waals surface area contributed by atoms with Crippen molar-refractivity contribution in [3.05, 3.63) is 92.7 Å². The first-order chi connectivity index (χ1) is 22.9. The number of carbonyl (C=O) groups is 2. The van der Waals surface area contributed by atoms with Crippen LogP contribution in [0.4, 0.5) is 0 Å². The number of benzene rings is 2. The van der Waals surface area contributed by atoms with Crippen LogP contribution in [0.15, 0.2) is 60.7 Å². The van der Waals surface area contributed by atoms with E-state index in [0.29, 0.717) is 24.3 Å². The van der Waals surface area contributed by atoms with Crippen molar-refractivity contribution in [3.8, 4) is 20.9 Å². The van der Waals surface area contributed by atoms with Crippen molar-refractivity contribution in [1.82, 2.24) is 0 Å². The van der Waals surface area contributed by atoms with Gasteiger partial charge in [-0.25, -0.2) is 9.59 Å². The zero-order chi connectivity index (χ0) is 33.2. The molecule has 0 unspecified atom stereocenters. The molecule has 0 saturated carbocycles. The summed E-state index contributed by atoms with van der Waals surface area (Å²) in [5.74, 6) is -0.483. The number of carbonyl (C=O) groups excluding carboxylic acids is 2. The lowest BCUT2D eigenvalue weighted by Crippen LogP contribution is -2.06. The lowest BCUT2D eigenvalue weighted by molar-refractivity contribution is 0.0488. The van der Waals surface area contributed by atoms with E-state index in [1.165, 1.54) is 67.5 Å². The summed E-state index contributed by atoms with van der Waals surface area (Å²) in [6, 6.07) is 20.4. The molecule has 47 heavy (non-hydrogen) atoms. The summed E-state index contributed by atoms with van der Waals surface area (Å²) in [5, 5.41) is 0. The van der Waals surface area contributed by atoms with Crippen molar-refractivity contribution >= 4 is 45.8 Å². The standard InChI is InChI=1S/C41H48O4S2/c1-5-7-9-11-24-44-40(42)32-20-16-30(17-21-32)38-26-36(28(3)46-38)34-14-13-15-35(34)37-27-39(47-29(37)4)31-18-22-33(23-19-31)41(43)45-25-12-10-8-6-2/h16-23,26-27H,5-15,24-25H2,1-4H3. The molecule has 4 aromatic rings. The number of hydrogen-bond acceptors (Lipinski definition) is 6. The first-order valence-corrected chi connectivity index (χ1v) is 19.0. The van der Waals surface area contributed by atoms with Gasteiger partial charge in [0.2, 0.25) is 0 Å². The molecule has 0 saturated heterocycles. The average Bonchev–Trinajstić information content (AvgIpc) is 3.82. The normalized spacial score (nSPS) is 12.9. The number of allylic oxidation sites excluding steroid dienone is 2. The zero-order valence-corrected chi connectivity index (χ0v) is 30.0. The fourth-order valence-corrected chi connectivity index (χ4v) is 8.39. The van der Waals surface area contributed by atoms with Crippen LogP contribution in [0.25, 0.3) is 32.0 Å². The van der Waals surface area contributed by atoms with E-state index in [4.69, 9.17) is 9.47 Å². The van der Waals surface area contributed by atoms with Gasteiger partial charge in [-0.15, -0.1) is 22.7 Å². The number of thiophene rings is 2. The summed E-state index contributed by atoms with van der Waals surface area (Å²) < 4.78 is 11.0. The molecule has 0 amide bonds. The largest absolute Gasteiger partial charge is 0.462 e. The summed E-state index contributed by atoms with van der Waals surface area (Å²) in [6.45, 7) is 9.77. The van der Waals surface area contributed by atoms with Crippen molar-refractivity contribution in [1.29, 1.82) is 0 Å². The highest BCUT2D eigenvalue weighted by Gasteiger charge is 2.24. The molecule has 0 aliphatic heterocycles. The van der Waals surface area contributed by atoms with E-state index < -0.39 is 0 Å². The van der Waals surface area contributed by atoms with Gasteiger partial charge in [0, 0.05) is 19.5 Å². The fraction of sp³-hybridized carbons (Fsp3) is 0.415. The molecule has 248 valence electrons. The minimum Gasteiger partial charge on any atom is -0.462 e. The van der Waals surface area contributed by atoms with Gasteiger partial charge in [0.25, 0.3) is 0 Å². The zero-order valence-electron chi connectivity index (χ0n) is 28.4. The van der Waals surface area contributed by atoms with Gasteiger partial charge in [-0.2, -0.15) is 0 Å². The molecule has 0 atom stereocenters. The maximum absolute atomic E-state index is 12.5. The Hall–Kier alpha value is -3.48. The topological polar surface area (TPSA) is 52.6 Å². The molecule has 0 radical (unpaired) electrons. The Labute approximate surface area is 288 Å². The second-order valence-corrected chi connectivity index (χ2v) is 15.0. The molecule has 5 rings (SSSR count). The first kappa shape index (κ1) is 34.8. The molecule has 0 spiro atoms. The molecule has 2 aromatic heterocycles. The smallest absolute Gasteiger partial charge is 0.338 e.